The van der Waals surface area contributed by atoms with Crippen molar-refractivity contribution < 1.29 is 9.59 Å². The maximum absolute atomic E-state index is 14.6. The molecule has 6 rings (SSSR count). The largest absolute Gasteiger partial charge is 0.350 e. The van der Waals surface area contributed by atoms with Gasteiger partial charge in [-0.1, -0.05) is 53.0 Å². The minimum atomic E-state index is -1.21. The molecule has 1 N–H and O–H groups in total. The van der Waals surface area contributed by atoms with E-state index in [1.54, 1.807) is 23.2 Å². The molecule has 2 aromatic heterocycles. The SMILES string of the molecule is Cc1ccc(S[C@]2(C(=O)NCc3ccccn3)CC(=O)N(c3ccc(Cl)cc3)[C@H]2c2cn(C)c3cc(Cl)ccc23)cc1. The molecule has 9 heteroatoms. The van der Waals surface area contributed by atoms with Crippen LogP contribution >= 0.6 is 35.0 Å². The first-order valence-electron chi connectivity index (χ1n) is 13.5. The van der Waals surface area contributed by atoms with E-state index in [0.717, 1.165) is 32.6 Å². The van der Waals surface area contributed by atoms with Crippen molar-refractivity contribution in [1.29, 1.82) is 0 Å². The van der Waals surface area contributed by atoms with Gasteiger partial charge in [0.05, 0.1) is 24.7 Å². The van der Waals surface area contributed by atoms with Crippen LogP contribution < -0.4 is 10.2 Å². The summed E-state index contributed by atoms with van der Waals surface area (Å²) in [6, 6.07) is 25.9. The molecule has 212 valence electrons. The van der Waals surface area contributed by atoms with Crippen LogP contribution in [0.25, 0.3) is 10.9 Å². The second-order valence-electron chi connectivity index (χ2n) is 10.5. The van der Waals surface area contributed by atoms with Crippen LogP contribution in [0.4, 0.5) is 5.69 Å². The van der Waals surface area contributed by atoms with Crippen molar-refractivity contribution in [3.05, 3.63) is 124 Å². The molecule has 3 heterocycles. The summed E-state index contributed by atoms with van der Waals surface area (Å²) < 4.78 is 0.779. The Morgan fingerprint density at radius 2 is 1.76 bits per heavy atom. The molecule has 0 bridgehead atoms. The quantitative estimate of drug-likeness (QED) is 0.206. The van der Waals surface area contributed by atoms with Crippen LogP contribution in [0.5, 0.6) is 0 Å². The summed E-state index contributed by atoms with van der Waals surface area (Å²) in [6.45, 7) is 2.26. The van der Waals surface area contributed by atoms with E-state index in [2.05, 4.69) is 10.3 Å². The van der Waals surface area contributed by atoms with Crippen LogP contribution in [0.3, 0.4) is 0 Å². The number of fused-ring (bicyclic) bond motifs is 1. The Hall–Kier alpha value is -3.78. The van der Waals surface area contributed by atoms with Crippen molar-refractivity contribution in [2.75, 3.05) is 4.90 Å². The summed E-state index contributed by atoms with van der Waals surface area (Å²) >= 11 is 14.0. The Morgan fingerprint density at radius 3 is 2.48 bits per heavy atom. The van der Waals surface area contributed by atoms with Crippen molar-refractivity contribution in [2.45, 2.75) is 35.6 Å². The Labute approximate surface area is 258 Å². The highest BCUT2D eigenvalue weighted by Crippen LogP contribution is 2.55. The van der Waals surface area contributed by atoms with Gasteiger partial charge in [0.15, 0.2) is 0 Å². The van der Waals surface area contributed by atoms with Crippen molar-refractivity contribution in [2.24, 2.45) is 7.05 Å². The molecule has 1 aliphatic rings. The molecule has 1 fully saturated rings. The Balaban J connectivity index is 1.55. The summed E-state index contributed by atoms with van der Waals surface area (Å²) in [7, 11) is 1.95. The Morgan fingerprint density at radius 1 is 1.02 bits per heavy atom. The monoisotopic (exact) mass is 614 g/mol. The van der Waals surface area contributed by atoms with Gasteiger partial charge in [0, 0.05) is 56.5 Å². The highest BCUT2D eigenvalue weighted by Gasteiger charge is 2.59. The number of benzene rings is 3. The van der Waals surface area contributed by atoms with Crippen LogP contribution in [-0.2, 0) is 23.2 Å². The summed E-state index contributed by atoms with van der Waals surface area (Å²) in [5, 5.41) is 5.23. The highest BCUT2D eigenvalue weighted by molar-refractivity contribution is 8.01. The van der Waals surface area contributed by atoms with Gasteiger partial charge in [0.2, 0.25) is 11.8 Å². The number of thioether (sulfide) groups is 1. The minimum absolute atomic E-state index is 0.00311. The lowest BCUT2D eigenvalue weighted by atomic mass is 9.91. The molecule has 42 heavy (non-hydrogen) atoms. The number of nitrogens with one attached hydrogen (secondary N) is 1. The van der Waals surface area contributed by atoms with Gasteiger partial charge in [0.1, 0.15) is 4.75 Å². The second-order valence-corrected chi connectivity index (χ2v) is 12.8. The number of aromatic nitrogens is 2. The van der Waals surface area contributed by atoms with Crippen LogP contribution in [-0.4, -0.2) is 26.1 Å². The normalized spacial score (nSPS) is 18.5. The smallest absolute Gasteiger partial charge is 0.239 e. The van der Waals surface area contributed by atoms with E-state index < -0.39 is 10.8 Å². The molecule has 0 aliphatic carbocycles. The molecule has 0 unspecified atom stereocenters. The van der Waals surface area contributed by atoms with E-state index in [0.29, 0.717) is 15.7 Å². The summed E-state index contributed by atoms with van der Waals surface area (Å²) in [4.78, 5) is 35.7. The first-order valence-corrected chi connectivity index (χ1v) is 15.1. The molecule has 2 atom stereocenters. The van der Waals surface area contributed by atoms with Gasteiger partial charge in [-0.3, -0.25) is 14.6 Å². The molecule has 6 nitrogen and oxygen atoms in total. The summed E-state index contributed by atoms with van der Waals surface area (Å²) in [5.74, 6) is -0.389. The molecule has 1 saturated heterocycles. The number of carbonyl (C=O) groups is 2. The van der Waals surface area contributed by atoms with Gasteiger partial charge >= 0.3 is 0 Å². The number of rotatable bonds is 7. The standard InChI is InChI=1S/C33H28Cl2N4O2S/c1-21-6-13-26(14-7-21)42-33(32(41)37-19-24-5-3-4-16-36-24)18-30(40)39(25-11-8-22(34)9-12-25)31(33)28-20-38(2)29-17-23(35)10-15-27(28)29/h3-17,20,31H,18-19H2,1-2H3,(H,37,41)/t31-,33+/m0/s1. The fourth-order valence-electron chi connectivity index (χ4n) is 5.63. The van der Waals surface area contributed by atoms with Crippen molar-refractivity contribution in [3.63, 3.8) is 0 Å². The third-order valence-corrected chi connectivity index (χ3v) is 9.54. The van der Waals surface area contributed by atoms with E-state index in [-0.39, 0.29) is 24.8 Å². The zero-order valence-corrected chi connectivity index (χ0v) is 25.4. The first-order chi connectivity index (χ1) is 20.2. The lowest BCUT2D eigenvalue weighted by Crippen LogP contribution is -2.48. The number of carbonyl (C=O) groups excluding carboxylic acids is 2. The number of nitrogens with zero attached hydrogens (tertiary/aromatic N) is 3. The molecule has 2 amide bonds. The third kappa shape index (κ3) is 5.28. The number of hydrogen-bond acceptors (Lipinski definition) is 4. The van der Waals surface area contributed by atoms with Gasteiger partial charge in [0.25, 0.3) is 0 Å². The molecular weight excluding hydrogens is 587 g/mol. The maximum Gasteiger partial charge on any atom is 0.239 e. The van der Waals surface area contributed by atoms with Gasteiger partial charge in [-0.15, -0.1) is 11.8 Å². The van der Waals surface area contributed by atoms with Gasteiger partial charge < -0.3 is 14.8 Å². The first kappa shape index (κ1) is 28.3. The van der Waals surface area contributed by atoms with Crippen molar-refractivity contribution in [1.82, 2.24) is 14.9 Å². The number of anilines is 1. The molecule has 0 radical (unpaired) electrons. The predicted molar refractivity (Wildman–Crippen MR) is 170 cm³/mol. The van der Waals surface area contributed by atoms with E-state index in [1.807, 2.05) is 97.5 Å². The number of halogens is 2. The average molecular weight is 616 g/mol. The van der Waals surface area contributed by atoms with Crippen molar-refractivity contribution >= 4 is 63.4 Å². The second kappa shape index (κ2) is 11.5. The Kier molecular flexibility index (Phi) is 7.75. The lowest BCUT2D eigenvalue weighted by Gasteiger charge is -2.36. The molecule has 0 saturated carbocycles. The minimum Gasteiger partial charge on any atom is -0.350 e. The van der Waals surface area contributed by atoms with Crippen LogP contribution in [0.2, 0.25) is 10.0 Å². The van der Waals surface area contributed by atoms with Gasteiger partial charge in [-0.05, 0) is 67.6 Å². The average Bonchev–Trinajstić information content (AvgIpc) is 3.46. The van der Waals surface area contributed by atoms with Gasteiger partial charge in [-0.25, -0.2) is 0 Å². The Bertz CT molecular complexity index is 1770. The van der Waals surface area contributed by atoms with Crippen LogP contribution in [0.1, 0.15) is 29.3 Å². The number of hydrogen-bond donors (Lipinski definition) is 1. The van der Waals surface area contributed by atoms with Crippen LogP contribution in [0.15, 0.2) is 102 Å². The molecule has 5 aromatic rings. The topological polar surface area (TPSA) is 67.2 Å². The molecule has 3 aromatic carbocycles. The lowest BCUT2D eigenvalue weighted by molar-refractivity contribution is -0.125. The molecular formula is C33H28Cl2N4O2S. The van der Waals surface area contributed by atoms with E-state index in [9.17, 15) is 9.59 Å². The van der Waals surface area contributed by atoms with E-state index >= 15 is 0 Å². The van der Waals surface area contributed by atoms with E-state index in [4.69, 9.17) is 23.2 Å². The summed E-state index contributed by atoms with van der Waals surface area (Å²) in [5.41, 5.74) is 4.29. The molecule has 0 spiro atoms. The fourth-order valence-corrected chi connectivity index (χ4v) is 7.32. The maximum atomic E-state index is 14.6. The predicted octanol–water partition coefficient (Wildman–Crippen LogP) is 7.51. The van der Waals surface area contributed by atoms with Crippen molar-refractivity contribution in [3.8, 4) is 0 Å². The molecule has 1 aliphatic heterocycles. The zero-order chi connectivity index (χ0) is 29.4. The number of pyridine rings is 1. The highest BCUT2D eigenvalue weighted by atomic mass is 35.5. The van der Waals surface area contributed by atoms with E-state index in [1.165, 1.54) is 11.8 Å². The van der Waals surface area contributed by atoms with Gasteiger partial charge in [-0.2, -0.15) is 0 Å². The fraction of sp³-hybridized carbons (Fsp3) is 0.182. The third-order valence-electron chi connectivity index (χ3n) is 7.63. The summed E-state index contributed by atoms with van der Waals surface area (Å²) in [6.07, 6.45) is 3.70. The number of aryl methyl sites for hydroxylation is 2. The zero-order valence-electron chi connectivity index (χ0n) is 23.1. The van der Waals surface area contributed by atoms with Crippen LogP contribution in [0, 0.1) is 6.92 Å². The number of amides is 2.